The van der Waals surface area contributed by atoms with Gasteiger partial charge in [-0.1, -0.05) is 19.1 Å². The van der Waals surface area contributed by atoms with Crippen molar-refractivity contribution in [2.45, 2.75) is 49.7 Å². The van der Waals surface area contributed by atoms with Crippen LogP contribution in [-0.2, 0) is 4.79 Å². The van der Waals surface area contributed by atoms with Crippen LogP contribution in [0.5, 0.6) is 11.5 Å². The molecule has 0 bridgehead atoms. The zero-order valence-electron chi connectivity index (χ0n) is 14.3. The lowest BCUT2D eigenvalue weighted by Crippen LogP contribution is -2.56. The van der Waals surface area contributed by atoms with Crippen molar-refractivity contribution >= 4 is 22.3 Å². The minimum atomic E-state index is -1.68. The molecule has 4 rings (SSSR count). The Morgan fingerprint density at radius 3 is 2.58 bits per heavy atom. The predicted molar refractivity (Wildman–Crippen MR) is 93.4 cm³/mol. The van der Waals surface area contributed by atoms with Crippen molar-refractivity contribution in [2.24, 2.45) is 0 Å². The van der Waals surface area contributed by atoms with Crippen molar-refractivity contribution in [3.63, 3.8) is 0 Å². The van der Waals surface area contributed by atoms with Gasteiger partial charge in [-0.15, -0.1) is 0 Å². The van der Waals surface area contributed by atoms with E-state index in [9.17, 15) is 30.0 Å². The number of hydrogen-bond acceptors (Lipinski definition) is 6. The number of hydrogen-bond donors (Lipinski definition) is 4. The van der Waals surface area contributed by atoms with Gasteiger partial charge in [-0.2, -0.15) is 0 Å². The number of ketones is 2. The molecule has 3 atom stereocenters. The van der Waals surface area contributed by atoms with Gasteiger partial charge < -0.3 is 20.4 Å². The van der Waals surface area contributed by atoms with E-state index in [1.54, 1.807) is 25.1 Å². The van der Waals surface area contributed by atoms with Crippen molar-refractivity contribution in [3.05, 3.63) is 35.4 Å². The number of Topliss-reactive ketones (excluding diaryl/α,β-unsaturated/α-hetero) is 2. The maximum Gasteiger partial charge on any atom is 0.169 e. The molecule has 4 N–H and O–H groups in total. The van der Waals surface area contributed by atoms with Gasteiger partial charge in [0, 0.05) is 19.3 Å². The third kappa shape index (κ3) is 2.19. The Balaban J connectivity index is 1.99. The second kappa shape index (κ2) is 5.28. The molecule has 2 aliphatic carbocycles. The Labute approximate surface area is 149 Å². The Morgan fingerprint density at radius 1 is 1.15 bits per heavy atom. The first-order chi connectivity index (χ1) is 12.2. The highest BCUT2D eigenvalue weighted by atomic mass is 16.3. The fraction of sp³-hybridized carbons (Fsp3) is 0.400. The van der Waals surface area contributed by atoms with E-state index in [0.717, 1.165) is 0 Å². The maximum absolute atomic E-state index is 12.8. The van der Waals surface area contributed by atoms with E-state index in [4.69, 9.17) is 0 Å². The van der Waals surface area contributed by atoms with Crippen molar-refractivity contribution in [3.8, 4) is 11.5 Å². The highest BCUT2D eigenvalue weighted by Crippen LogP contribution is 2.53. The quantitative estimate of drug-likeness (QED) is 0.622. The normalized spacial score (nSPS) is 31.0. The number of phenols is 2. The molecular weight excluding hydrogens is 336 g/mol. The van der Waals surface area contributed by atoms with E-state index in [1.807, 2.05) is 0 Å². The van der Waals surface area contributed by atoms with Gasteiger partial charge in [-0.05, 0) is 29.5 Å². The molecule has 0 radical (unpaired) electrons. The second-order valence-corrected chi connectivity index (χ2v) is 7.60. The van der Waals surface area contributed by atoms with Crippen LogP contribution in [0.1, 0.15) is 54.4 Å². The number of carbonyl (C=O) groups excluding carboxylic acids is 2. The van der Waals surface area contributed by atoms with Crippen LogP contribution >= 0.6 is 0 Å². The summed E-state index contributed by atoms with van der Waals surface area (Å²) >= 11 is 0. The zero-order valence-corrected chi connectivity index (χ0v) is 14.3. The van der Waals surface area contributed by atoms with Crippen LogP contribution in [0.2, 0.25) is 0 Å². The second-order valence-electron chi connectivity index (χ2n) is 7.60. The molecule has 26 heavy (non-hydrogen) atoms. The van der Waals surface area contributed by atoms with E-state index in [2.05, 4.69) is 0 Å². The van der Waals surface area contributed by atoms with Crippen LogP contribution in [0, 0.1) is 0 Å². The lowest BCUT2D eigenvalue weighted by Gasteiger charge is -2.48. The summed E-state index contributed by atoms with van der Waals surface area (Å²) in [6.45, 7) is 1.73. The average Bonchev–Trinajstić information content (AvgIpc) is 2.52. The Morgan fingerprint density at radius 2 is 1.88 bits per heavy atom. The van der Waals surface area contributed by atoms with Crippen LogP contribution in [0.25, 0.3) is 10.8 Å². The van der Waals surface area contributed by atoms with Crippen molar-refractivity contribution in [1.82, 2.24) is 0 Å². The maximum atomic E-state index is 12.8. The molecule has 6 heteroatoms. The first kappa shape index (κ1) is 17.0. The minimum absolute atomic E-state index is 0.0241. The molecule has 1 saturated carbocycles. The van der Waals surface area contributed by atoms with E-state index < -0.39 is 22.9 Å². The molecule has 0 saturated heterocycles. The largest absolute Gasteiger partial charge is 0.507 e. The summed E-state index contributed by atoms with van der Waals surface area (Å²) in [5.41, 5.74) is -2.77. The molecule has 0 aliphatic heterocycles. The monoisotopic (exact) mass is 356 g/mol. The van der Waals surface area contributed by atoms with Crippen LogP contribution in [0.4, 0.5) is 0 Å². The SMILES string of the molecule is CC[C@]1(O)CC(=O)[C@@H]2c3cc4cccc(O)c4c(O)c3C(=O)C[C@]2(O)C1. The predicted octanol–water partition coefficient (Wildman–Crippen LogP) is 2.16. The number of benzene rings is 2. The van der Waals surface area contributed by atoms with Crippen LogP contribution in [0.3, 0.4) is 0 Å². The summed E-state index contributed by atoms with van der Waals surface area (Å²) in [7, 11) is 0. The zero-order chi connectivity index (χ0) is 18.9. The molecule has 0 unspecified atom stereocenters. The highest BCUT2D eigenvalue weighted by molar-refractivity contribution is 6.11. The van der Waals surface area contributed by atoms with Crippen molar-refractivity contribution in [1.29, 1.82) is 0 Å². The number of carbonyl (C=O) groups is 2. The molecule has 0 spiro atoms. The van der Waals surface area contributed by atoms with Gasteiger partial charge in [0.05, 0.1) is 28.1 Å². The standard InChI is InChI=1S/C20H20O6/c1-2-19(25)7-14(23)17-11-6-10-4-3-5-12(21)15(10)18(24)16(11)13(22)8-20(17,26)9-19/h3-6,17,21,24-26H,2,7-9H2,1H3/t17-,19-,20-/m0/s1. The summed E-state index contributed by atoms with van der Waals surface area (Å²) < 4.78 is 0. The van der Waals surface area contributed by atoms with Crippen molar-refractivity contribution < 1.29 is 30.0 Å². The highest BCUT2D eigenvalue weighted by Gasteiger charge is 2.57. The minimum Gasteiger partial charge on any atom is -0.507 e. The van der Waals surface area contributed by atoms with E-state index in [-0.39, 0.29) is 53.1 Å². The summed E-state index contributed by atoms with van der Waals surface area (Å²) in [5, 5.41) is 43.0. The summed E-state index contributed by atoms with van der Waals surface area (Å²) in [6.07, 6.45) is -0.239. The van der Waals surface area contributed by atoms with Gasteiger partial charge in [0.1, 0.15) is 17.3 Å². The van der Waals surface area contributed by atoms with Gasteiger partial charge in [0.2, 0.25) is 0 Å². The molecule has 0 heterocycles. The van der Waals surface area contributed by atoms with Gasteiger partial charge in [-0.3, -0.25) is 9.59 Å². The van der Waals surface area contributed by atoms with Crippen LogP contribution < -0.4 is 0 Å². The van der Waals surface area contributed by atoms with Crippen molar-refractivity contribution in [2.75, 3.05) is 0 Å². The Kier molecular flexibility index (Phi) is 3.45. The van der Waals surface area contributed by atoms with E-state index >= 15 is 0 Å². The third-order valence-electron chi connectivity index (χ3n) is 5.86. The molecular formula is C20H20O6. The van der Waals surface area contributed by atoms with Crippen LogP contribution in [0.15, 0.2) is 24.3 Å². The van der Waals surface area contributed by atoms with Gasteiger partial charge >= 0.3 is 0 Å². The number of phenolic OH excluding ortho intramolecular Hbond substituents is 2. The molecule has 1 fully saturated rings. The summed E-state index contributed by atoms with van der Waals surface area (Å²) in [6, 6.07) is 6.23. The lowest BCUT2D eigenvalue weighted by atomic mass is 9.59. The van der Waals surface area contributed by atoms with E-state index in [1.165, 1.54) is 6.07 Å². The Bertz CT molecular complexity index is 964. The topological polar surface area (TPSA) is 115 Å². The molecule has 136 valence electrons. The van der Waals surface area contributed by atoms with Crippen LogP contribution in [-0.4, -0.2) is 43.2 Å². The number of aromatic hydroxyl groups is 2. The average molecular weight is 356 g/mol. The molecule has 6 nitrogen and oxygen atoms in total. The van der Waals surface area contributed by atoms with Gasteiger partial charge in [0.15, 0.2) is 5.78 Å². The lowest BCUT2D eigenvalue weighted by molar-refractivity contribution is -0.152. The third-order valence-corrected chi connectivity index (χ3v) is 5.86. The molecule has 0 amide bonds. The summed E-state index contributed by atoms with van der Waals surface area (Å²) in [4.78, 5) is 25.6. The first-order valence-electron chi connectivity index (χ1n) is 8.67. The number of aliphatic hydroxyl groups is 2. The number of fused-ring (bicyclic) bond motifs is 4. The smallest absolute Gasteiger partial charge is 0.169 e. The molecule has 2 aromatic carbocycles. The van der Waals surface area contributed by atoms with E-state index in [0.29, 0.717) is 11.8 Å². The fourth-order valence-corrected chi connectivity index (χ4v) is 4.66. The molecule has 0 aromatic heterocycles. The fourth-order valence-electron chi connectivity index (χ4n) is 4.66. The van der Waals surface area contributed by atoms with Gasteiger partial charge in [-0.25, -0.2) is 0 Å². The van der Waals surface area contributed by atoms with Gasteiger partial charge in [0.25, 0.3) is 0 Å². The summed E-state index contributed by atoms with van der Waals surface area (Å²) in [5.74, 6) is -2.37. The number of rotatable bonds is 1. The first-order valence-corrected chi connectivity index (χ1v) is 8.67. The Hall–Kier alpha value is -2.44. The molecule has 2 aliphatic rings. The molecule has 2 aromatic rings.